The van der Waals surface area contributed by atoms with Gasteiger partial charge < -0.3 is 104 Å². The molecular formula is C33H38O23. The summed E-state index contributed by atoms with van der Waals surface area (Å²) in [6, 6.07) is 4.83. The smallest absolute Gasteiger partial charge is 0.335 e. The molecule has 23 heteroatoms. The largest absolute Gasteiger partial charge is 0.507 e. The van der Waals surface area contributed by atoms with Crippen LogP contribution in [0.25, 0.3) is 22.3 Å². The van der Waals surface area contributed by atoms with Crippen molar-refractivity contribution in [3.63, 3.8) is 0 Å². The molecule has 15 atom stereocenters. The highest BCUT2D eigenvalue weighted by Gasteiger charge is 2.50. The molecule has 3 aliphatic rings. The average molecular weight is 803 g/mol. The van der Waals surface area contributed by atoms with E-state index in [-0.39, 0.29) is 5.56 Å². The summed E-state index contributed by atoms with van der Waals surface area (Å²) in [5.74, 6) is -5.77. The summed E-state index contributed by atoms with van der Waals surface area (Å²) in [4.78, 5) is 25.6. The number of aliphatic carboxylic acids is 1. The molecule has 0 aliphatic carbocycles. The summed E-state index contributed by atoms with van der Waals surface area (Å²) >= 11 is 0. The highest BCUT2D eigenvalue weighted by atomic mass is 16.7. The maximum absolute atomic E-state index is 14.1. The zero-order chi connectivity index (χ0) is 40.9. The molecule has 308 valence electrons. The Balaban J connectivity index is 1.33. The van der Waals surface area contributed by atoms with Crippen LogP contribution in [0.4, 0.5) is 0 Å². The molecule has 14 N–H and O–H groups in total. The van der Waals surface area contributed by atoms with Gasteiger partial charge in [-0.1, -0.05) is 0 Å². The zero-order valence-corrected chi connectivity index (χ0v) is 28.4. The van der Waals surface area contributed by atoms with Crippen molar-refractivity contribution in [3.8, 4) is 40.1 Å². The number of phenolic OH excluding ortho intramolecular Hbond substituents is 3. The number of fused-ring (bicyclic) bond motifs is 1. The maximum atomic E-state index is 14.1. The van der Waals surface area contributed by atoms with Gasteiger partial charge in [0.05, 0.1) is 13.2 Å². The molecule has 3 aliphatic heterocycles. The van der Waals surface area contributed by atoms with Crippen molar-refractivity contribution in [3.05, 3.63) is 40.6 Å². The molecule has 0 spiro atoms. The van der Waals surface area contributed by atoms with E-state index in [1.165, 1.54) is 0 Å². The van der Waals surface area contributed by atoms with Crippen LogP contribution in [0.1, 0.15) is 0 Å². The fraction of sp³-hybridized carbons (Fsp3) is 0.515. The standard InChI is InChI=1S/C33H38O23/c34-6-14-17(38)20(41)24(45)31(53-14)50-7-15-18(39)21(42)25(46)33(54-15)55-28-19(40)16-12(37)4-9(51-32-26(47)22(43)23(44)29(56-32)30(48)49)5-13(16)52-27(28)8-1-2-10(35)11(36)3-8/h1-5,14-15,17-18,20-26,29,31-39,41-47H,6-7H2,(H,48,49)/t14-,15-,17-,18-,20+,21+,22+,23+,24-,25-,26-,29+,31-,32-,33+/m1/s1. The van der Waals surface area contributed by atoms with Gasteiger partial charge in [-0.2, -0.15) is 0 Å². The van der Waals surface area contributed by atoms with Gasteiger partial charge in [-0.3, -0.25) is 4.79 Å². The first-order valence-corrected chi connectivity index (χ1v) is 16.7. The van der Waals surface area contributed by atoms with E-state index in [0.29, 0.717) is 0 Å². The van der Waals surface area contributed by atoms with Crippen LogP contribution in [-0.4, -0.2) is 183 Å². The molecule has 1 aromatic heterocycles. The lowest BCUT2D eigenvalue weighted by atomic mass is 9.98. The second-order valence-corrected chi connectivity index (χ2v) is 13.1. The van der Waals surface area contributed by atoms with Gasteiger partial charge in [-0.25, -0.2) is 4.79 Å². The van der Waals surface area contributed by atoms with E-state index < -0.39 is 162 Å². The Morgan fingerprint density at radius 3 is 1.86 bits per heavy atom. The number of carbonyl (C=O) groups is 1. The maximum Gasteiger partial charge on any atom is 0.335 e. The second-order valence-electron chi connectivity index (χ2n) is 13.1. The van der Waals surface area contributed by atoms with E-state index in [4.69, 9.17) is 32.8 Å². The minimum atomic E-state index is -2.11. The average Bonchev–Trinajstić information content (AvgIpc) is 3.16. The minimum Gasteiger partial charge on any atom is -0.507 e. The Morgan fingerprint density at radius 1 is 0.643 bits per heavy atom. The topological polar surface area (TPSA) is 386 Å². The predicted molar refractivity (Wildman–Crippen MR) is 175 cm³/mol. The molecule has 3 saturated heterocycles. The number of aliphatic hydroxyl groups is 10. The van der Waals surface area contributed by atoms with Crippen molar-refractivity contribution in [1.82, 2.24) is 0 Å². The van der Waals surface area contributed by atoms with Crippen LogP contribution in [-0.2, 0) is 23.7 Å². The number of carboxylic acids is 1. The van der Waals surface area contributed by atoms with Crippen LogP contribution in [0, 0.1) is 0 Å². The third-order valence-corrected chi connectivity index (χ3v) is 9.38. The van der Waals surface area contributed by atoms with E-state index in [9.17, 15) is 81.1 Å². The predicted octanol–water partition coefficient (Wildman–Crippen LogP) is -5.15. The summed E-state index contributed by atoms with van der Waals surface area (Å²) < 4.78 is 38.5. The lowest BCUT2D eigenvalue weighted by molar-refractivity contribution is -0.323. The number of benzene rings is 2. The number of rotatable bonds is 10. The van der Waals surface area contributed by atoms with Gasteiger partial charge in [0.2, 0.25) is 23.8 Å². The van der Waals surface area contributed by atoms with Crippen LogP contribution in [0.15, 0.2) is 39.5 Å². The lowest BCUT2D eigenvalue weighted by Crippen LogP contribution is -2.62. The van der Waals surface area contributed by atoms with Crippen molar-refractivity contribution in [2.45, 2.75) is 92.1 Å². The zero-order valence-electron chi connectivity index (χ0n) is 28.4. The number of ether oxygens (including phenoxy) is 6. The number of carboxylic acid groups (broad SMARTS) is 1. The Hall–Kier alpha value is -4.44. The molecule has 0 radical (unpaired) electrons. The molecule has 23 nitrogen and oxygen atoms in total. The van der Waals surface area contributed by atoms with Crippen LogP contribution in [0.3, 0.4) is 0 Å². The van der Waals surface area contributed by atoms with Gasteiger partial charge >= 0.3 is 5.97 Å². The molecule has 0 unspecified atom stereocenters. The van der Waals surface area contributed by atoms with Crippen LogP contribution in [0.2, 0.25) is 0 Å². The van der Waals surface area contributed by atoms with Gasteiger partial charge in [-0.15, -0.1) is 0 Å². The van der Waals surface area contributed by atoms with E-state index >= 15 is 0 Å². The number of phenols is 3. The molecule has 0 saturated carbocycles. The number of hydrogen-bond donors (Lipinski definition) is 14. The summed E-state index contributed by atoms with van der Waals surface area (Å²) in [7, 11) is 0. The number of hydrogen-bond acceptors (Lipinski definition) is 22. The Labute approximate surface area is 312 Å². The molecule has 0 amide bonds. The Kier molecular flexibility index (Phi) is 11.9. The molecule has 6 rings (SSSR count). The third-order valence-electron chi connectivity index (χ3n) is 9.38. The van der Waals surface area contributed by atoms with E-state index in [0.717, 1.165) is 30.3 Å². The van der Waals surface area contributed by atoms with Crippen molar-refractivity contribution in [1.29, 1.82) is 0 Å². The van der Waals surface area contributed by atoms with Gasteiger partial charge in [0.25, 0.3) is 0 Å². The van der Waals surface area contributed by atoms with E-state index in [2.05, 4.69) is 0 Å². The van der Waals surface area contributed by atoms with Crippen LogP contribution < -0.4 is 14.9 Å². The summed E-state index contributed by atoms with van der Waals surface area (Å²) in [6.45, 7) is -1.54. The normalized spacial score (nSPS) is 36.3. The van der Waals surface area contributed by atoms with Crippen molar-refractivity contribution < 1.29 is 109 Å². The van der Waals surface area contributed by atoms with E-state index in [1.807, 2.05) is 0 Å². The van der Waals surface area contributed by atoms with E-state index in [1.54, 1.807) is 0 Å². The summed E-state index contributed by atoms with van der Waals surface area (Å²) in [5, 5.41) is 142. The van der Waals surface area contributed by atoms with Gasteiger partial charge in [0, 0.05) is 17.7 Å². The van der Waals surface area contributed by atoms with Gasteiger partial charge in [0.15, 0.2) is 29.7 Å². The molecule has 3 fully saturated rings. The molecule has 2 aromatic carbocycles. The van der Waals surface area contributed by atoms with Crippen molar-refractivity contribution in [2.75, 3.05) is 13.2 Å². The number of aromatic hydroxyl groups is 3. The Morgan fingerprint density at radius 2 is 1.23 bits per heavy atom. The quantitative estimate of drug-likeness (QED) is 0.0852. The first kappa shape index (κ1) is 41.2. The molecule has 56 heavy (non-hydrogen) atoms. The lowest BCUT2D eigenvalue weighted by Gasteiger charge is -2.42. The SMILES string of the molecule is O=C(O)[C@H]1O[C@@H](Oc2cc(O)c3c(=O)c(O[C@@H]4O[C@H](CO[C@@H]5O[C@H](CO)[C@@H](O)[C@H](O)[C@H]5O)[C@@H](O)[C@H](O)[C@H]4O)c(-c4ccc(O)c(O)c4)oc3c2)[C@H](O)[C@@H](O)[C@@H]1O. The number of aliphatic hydroxyl groups excluding tert-OH is 10. The molecule has 3 aromatic rings. The van der Waals surface area contributed by atoms with Gasteiger partial charge in [0.1, 0.15) is 89.6 Å². The summed E-state index contributed by atoms with van der Waals surface area (Å²) in [5.41, 5.74) is -1.87. The first-order valence-electron chi connectivity index (χ1n) is 16.7. The van der Waals surface area contributed by atoms with Gasteiger partial charge in [-0.05, 0) is 18.2 Å². The monoisotopic (exact) mass is 802 g/mol. The molecular weight excluding hydrogens is 764 g/mol. The van der Waals surface area contributed by atoms with Crippen molar-refractivity contribution in [2.24, 2.45) is 0 Å². The van der Waals surface area contributed by atoms with Crippen molar-refractivity contribution >= 4 is 16.9 Å². The highest BCUT2D eigenvalue weighted by Crippen LogP contribution is 2.40. The third kappa shape index (κ3) is 7.65. The fourth-order valence-corrected chi connectivity index (χ4v) is 6.23. The van der Waals surface area contributed by atoms with Crippen LogP contribution in [0.5, 0.6) is 28.7 Å². The highest BCUT2D eigenvalue weighted by molar-refractivity contribution is 5.88. The Bertz CT molecular complexity index is 1950. The summed E-state index contributed by atoms with van der Waals surface area (Å²) in [6.07, 6.45) is -28.3. The molecule has 4 heterocycles. The second kappa shape index (κ2) is 16.2. The first-order chi connectivity index (χ1) is 26.4. The van der Waals surface area contributed by atoms with Crippen LogP contribution >= 0.6 is 0 Å². The fourth-order valence-electron chi connectivity index (χ4n) is 6.23. The molecule has 0 bridgehead atoms. The minimum absolute atomic E-state index is 0.180.